The maximum atomic E-state index is 12.9. The SMILES string of the molecule is CC(C)(C)OC(=O)N1CC2CN(C(=O)c3cnc(-c4ccccc4)s3)CC2C1. The second kappa shape index (κ2) is 7.20. The lowest BCUT2D eigenvalue weighted by atomic mass is 10.0. The number of likely N-dealkylation sites (tertiary alicyclic amines) is 2. The van der Waals surface area contributed by atoms with Crippen LogP contribution in [0.15, 0.2) is 36.5 Å². The molecule has 2 atom stereocenters. The lowest BCUT2D eigenvalue weighted by molar-refractivity contribution is 0.0275. The van der Waals surface area contributed by atoms with Crippen LogP contribution in [0.5, 0.6) is 0 Å². The minimum absolute atomic E-state index is 0.0397. The average Bonchev–Trinajstić information content (AvgIpc) is 3.35. The Morgan fingerprint density at radius 3 is 2.25 bits per heavy atom. The number of ether oxygens (including phenoxy) is 1. The zero-order valence-corrected chi connectivity index (χ0v) is 17.2. The molecule has 2 aromatic rings. The molecule has 148 valence electrons. The molecule has 2 amide bonds. The fourth-order valence-electron chi connectivity index (χ4n) is 3.88. The Morgan fingerprint density at radius 1 is 1.04 bits per heavy atom. The number of nitrogens with zero attached hydrogens (tertiary/aromatic N) is 3. The van der Waals surface area contributed by atoms with Crippen LogP contribution in [0.4, 0.5) is 4.79 Å². The van der Waals surface area contributed by atoms with Gasteiger partial charge in [-0.3, -0.25) is 4.79 Å². The van der Waals surface area contributed by atoms with E-state index in [1.165, 1.54) is 11.3 Å². The largest absolute Gasteiger partial charge is 0.444 e. The summed E-state index contributed by atoms with van der Waals surface area (Å²) in [6, 6.07) is 9.90. The van der Waals surface area contributed by atoms with Gasteiger partial charge in [0.2, 0.25) is 0 Å². The maximum absolute atomic E-state index is 12.9. The van der Waals surface area contributed by atoms with Crippen LogP contribution in [0.1, 0.15) is 30.4 Å². The smallest absolute Gasteiger partial charge is 0.410 e. The zero-order chi connectivity index (χ0) is 19.9. The van der Waals surface area contributed by atoms with Crippen molar-refractivity contribution in [3.8, 4) is 10.6 Å². The number of fused-ring (bicyclic) bond motifs is 1. The van der Waals surface area contributed by atoms with Gasteiger partial charge in [-0.2, -0.15) is 0 Å². The molecule has 3 heterocycles. The standard InChI is InChI=1S/C21H25N3O3S/c1-21(2,3)27-20(26)24-12-15-10-23(11-16(15)13-24)19(25)17-9-22-18(28-17)14-7-5-4-6-8-14/h4-9,15-16H,10-13H2,1-3H3. The predicted molar refractivity (Wildman–Crippen MR) is 108 cm³/mol. The molecule has 1 aromatic heterocycles. The summed E-state index contributed by atoms with van der Waals surface area (Å²) in [6.07, 6.45) is 1.42. The Labute approximate surface area is 169 Å². The first kappa shape index (κ1) is 18.9. The molecule has 2 aliphatic heterocycles. The van der Waals surface area contributed by atoms with Crippen LogP contribution >= 0.6 is 11.3 Å². The highest BCUT2D eigenvalue weighted by Crippen LogP contribution is 2.34. The van der Waals surface area contributed by atoms with E-state index in [1.807, 2.05) is 56.0 Å². The first-order valence-electron chi connectivity index (χ1n) is 9.58. The quantitative estimate of drug-likeness (QED) is 0.772. The highest BCUT2D eigenvalue weighted by Gasteiger charge is 2.44. The van der Waals surface area contributed by atoms with Gasteiger partial charge in [0.1, 0.15) is 15.5 Å². The van der Waals surface area contributed by atoms with Crippen LogP contribution in [0.25, 0.3) is 10.6 Å². The number of hydrogen-bond donors (Lipinski definition) is 0. The van der Waals surface area contributed by atoms with E-state index in [4.69, 9.17) is 4.74 Å². The summed E-state index contributed by atoms with van der Waals surface area (Å²) >= 11 is 1.43. The Bertz CT molecular complexity index is 861. The van der Waals surface area contributed by atoms with Gasteiger partial charge in [0.15, 0.2) is 0 Å². The number of rotatable bonds is 2. The van der Waals surface area contributed by atoms with Crippen LogP contribution < -0.4 is 0 Å². The van der Waals surface area contributed by atoms with Gasteiger partial charge < -0.3 is 14.5 Å². The van der Waals surface area contributed by atoms with Crippen LogP contribution in [-0.4, -0.2) is 58.6 Å². The van der Waals surface area contributed by atoms with Gasteiger partial charge in [-0.1, -0.05) is 30.3 Å². The fraction of sp³-hybridized carbons (Fsp3) is 0.476. The first-order chi connectivity index (χ1) is 13.3. The third-order valence-electron chi connectivity index (χ3n) is 5.16. The van der Waals surface area contributed by atoms with Crippen LogP contribution in [0.3, 0.4) is 0 Å². The molecule has 2 unspecified atom stereocenters. The van der Waals surface area contributed by atoms with E-state index in [-0.39, 0.29) is 12.0 Å². The molecule has 7 heteroatoms. The summed E-state index contributed by atoms with van der Waals surface area (Å²) in [5.41, 5.74) is 0.539. The molecular weight excluding hydrogens is 374 g/mol. The topological polar surface area (TPSA) is 62.7 Å². The average molecular weight is 400 g/mol. The summed E-state index contributed by atoms with van der Waals surface area (Å²) in [4.78, 5) is 34.0. The van der Waals surface area contributed by atoms with Gasteiger partial charge in [-0.25, -0.2) is 9.78 Å². The van der Waals surface area contributed by atoms with Crippen LogP contribution in [-0.2, 0) is 4.74 Å². The minimum Gasteiger partial charge on any atom is -0.444 e. The summed E-state index contributed by atoms with van der Waals surface area (Å²) in [7, 11) is 0. The maximum Gasteiger partial charge on any atom is 0.410 e. The summed E-state index contributed by atoms with van der Waals surface area (Å²) < 4.78 is 5.48. The van der Waals surface area contributed by atoms with Crippen molar-refractivity contribution in [3.05, 3.63) is 41.4 Å². The molecular formula is C21H25N3O3S. The van der Waals surface area contributed by atoms with Crippen molar-refractivity contribution < 1.29 is 14.3 Å². The molecule has 6 nitrogen and oxygen atoms in total. The van der Waals surface area contributed by atoms with Crippen molar-refractivity contribution in [3.63, 3.8) is 0 Å². The molecule has 0 N–H and O–H groups in total. The van der Waals surface area contributed by atoms with Gasteiger partial charge in [-0.05, 0) is 20.8 Å². The Balaban J connectivity index is 1.37. The first-order valence-corrected chi connectivity index (χ1v) is 10.4. The zero-order valence-electron chi connectivity index (χ0n) is 16.4. The monoisotopic (exact) mass is 399 g/mol. The number of amides is 2. The van der Waals surface area contributed by atoms with E-state index in [0.717, 1.165) is 10.6 Å². The third kappa shape index (κ3) is 3.90. The van der Waals surface area contributed by atoms with Crippen molar-refractivity contribution in [2.45, 2.75) is 26.4 Å². The predicted octanol–water partition coefficient (Wildman–Crippen LogP) is 3.75. The molecule has 2 saturated heterocycles. The van der Waals surface area contributed by atoms with Crippen LogP contribution in [0.2, 0.25) is 0 Å². The van der Waals surface area contributed by atoms with Gasteiger partial charge in [0.25, 0.3) is 5.91 Å². The number of carbonyl (C=O) groups is 2. The van der Waals surface area contributed by atoms with Crippen molar-refractivity contribution >= 4 is 23.3 Å². The lowest BCUT2D eigenvalue weighted by Gasteiger charge is -2.26. The van der Waals surface area contributed by atoms with E-state index in [9.17, 15) is 9.59 Å². The molecule has 0 radical (unpaired) electrons. The van der Waals surface area contributed by atoms with E-state index < -0.39 is 5.60 Å². The molecule has 4 rings (SSSR count). The molecule has 0 spiro atoms. The highest BCUT2D eigenvalue weighted by atomic mass is 32.1. The van der Waals surface area contributed by atoms with Crippen molar-refractivity contribution in [1.29, 1.82) is 0 Å². The van der Waals surface area contributed by atoms with Crippen LogP contribution in [0, 0.1) is 11.8 Å². The molecule has 0 aliphatic carbocycles. The number of carbonyl (C=O) groups excluding carboxylic acids is 2. The Morgan fingerprint density at radius 2 is 1.64 bits per heavy atom. The number of aromatic nitrogens is 1. The van der Waals surface area contributed by atoms with Gasteiger partial charge in [0.05, 0.1) is 6.20 Å². The number of benzene rings is 1. The third-order valence-corrected chi connectivity index (χ3v) is 6.20. The van der Waals surface area contributed by atoms with Crippen molar-refractivity contribution in [2.75, 3.05) is 26.2 Å². The molecule has 2 aliphatic rings. The summed E-state index contributed by atoms with van der Waals surface area (Å²) in [6.45, 7) is 8.30. The Kier molecular flexibility index (Phi) is 4.87. The van der Waals surface area contributed by atoms with Gasteiger partial charge in [0, 0.05) is 43.6 Å². The Hall–Kier alpha value is -2.41. The van der Waals surface area contributed by atoms with Gasteiger partial charge in [-0.15, -0.1) is 11.3 Å². The number of hydrogen-bond acceptors (Lipinski definition) is 5. The molecule has 2 fully saturated rings. The lowest BCUT2D eigenvalue weighted by Crippen LogP contribution is -2.38. The second-order valence-electron chi connectivity index (χ2n) is 8.51. The normalized spacial score (nSPS) is 21.7. The van der Waals surface area contributed by atoms with Gasteiger partial charge >= 0.3 is 6.09 Å². The highest BCUT2D eigenvalue weighted by molar-refractivity contribution is 7.16. The molecule has 1 aromatic carbocycles. The van der Waals surface area contributed by atoms with E-state index in [0.29, 0.717) is 42.9 Å². The molecule has 0 bridgehead atoms. The fourth-order valence-corrected chi connectivity index (χ4v) is 4.77. The van der Waals surface area contributed by atoms with Crippen molar-refractivity contribution in [2.24, 2.45) is 11.8 Å². The van der Waals surface area contributed by atoms with E-state index in [2.05, 4.69) is 4.98 Å². The number of thiazole rings is 1. The molecule has 28 heavy (non-hydrogen) atoms. The second-order valence-corrected chi connectivity index (χ2v) is 9.54. The summed E-state index contributed by atoms with van der Waals surface area (Å²) in [5, 5.41) is 0.861. The van der Waals surface area contributed by atoms with E-state index in [1.54, 1.807) is 11.1 Å². The van der Waals surface area contributed by atoms with Crippen molar-refractivity contribution in [1.82, 2.24) is 14.8 Å². The minimum atomic E-state index is -0.487. The van der Waals surface area contributed by atoms with E-state index >= 15 is 0 Å². The summed E-state index contributed by atoms with van der Waals surface area (Å²) in [5.74, 6) is 0.675. The molecule has 0 saturated carbocycles.